The molecule has 4 aromatic rings. The van der Waals surface area contributed by atoms with Gasteiger partial charge in [-0.05, 0) is 61.1 Å². The van der Waals surface area contributed by atoms with Crippen molar-refractivity contribution in [2.45, 2.75) is 19.4 Å². The highest BCUT2D eigenvalue weighted by molar-refractivity contribution is 7.15. The molecule has 2 amide bonds. The molecule has 2 aromatic heterocycles. The van der Waals surface area contributed by atoms with Gasteiger partial charge < -0.3 is 19.4 Å². The Balaban J connectivity index is 1.18. The number of ether oxygens (including phenoxy) is 1. The van der Waals surface area contributed by atoms with E-state index in [4.69, 9.17) is 9.15 Å². The second-order valence-corrected chi connectivity index (χ2v) is 10.2. The molecule has 0 spiro atoms. The molecule has 35 heavy (non-hydrogen) atoms. The highest BCUT2D eigenvalue weighted by Crippen LogP contribution is 2.50. The Morgan fingerprint density at radius 2 is 2.11 bits per heavy atom. The van der Waals surface area contributed by atoms with Gasteiger partial charge in [0.15, 0.2) is 0 Å². The van der Waals surface area contributed by atoms with E-state index in [2.05, 4.69) is 10.3 Å². The molecule has 1 saturated carbocycles. The summed E-state index contributed by atoms with van der Waals surface area (Å²) in [6.45, 7) is 2.74. The van der Waals surface area contributed by atoms with Crippen molar-refractivity contribution in [2.24, 2.45) is 11.8 Å². The van der Waals surface area contributed by atoms with Gasteiger partial charge in [0.25, 0.3) is 5.91 Å². The van der Waals surface area contributed by atoms with E-state index in [1.54, 1.807) is 47.6 Å². The number of hydrogen-bond acceptors (Lipinski definition) is 6. The van der Waals surface area contributed by atoms with Crippen LogP contribution in [0.4, 0.5) is 9.18 Å². The summed E-state index contributed by atoms with van der Waals surface area (Å²) in [5.74, 6) is 0.632. The minimum absolute atomic E-state index is 0.146. The Hall–Kier alpha value is -3.72. The van der Waals surface area contributed by atoms with E-state index in [1.807, 2.05) is 6.92 Å². The van der Waals surface area contributed by atoms with Gasteiger partial charge >= 0.3 is 6.09 Å². The molecule has 7 nitrogen and oxygen atoms in total. The first-order valence-corrected chi connectivity index (χ1v) is 12.3. The molecule has 9 heteroatoms. The number of fused-ring (bicyclic) bond motifs is 2. The number of likely N-dealkylation sites (tertiary alicyclic amines) is 1. The van der Waals surface area contributed by atoms with Crippen LogP contribution in [0.5, 0.6) is 5.75 Å². The molecule has 2 fully saturated rings. The van der Waals surface area contributed by atoms with Crippen molar-refractivity contribution < 1.29 is 23.1 Å². The summed E-state index contributed by atoms with van der Waals surface area (Å²) in [5, 5.41) is 4.28. The summed E-state index contributed by atoms with van der Waals surface area (Å²) in [6, 6.07) is 13.1. The van der Waals surface area contributed by atoms with Gasteiger partial charge in [-0.1, -0.05) is 18.2 Å². The second-order valence-electron chi connectivity index (χ2n) is 8.96. The molecular weight excluding hydrogens is 469 g/mol. The zero-order valence-electron chi connectivity index (χ0n) is 18.9. The first-order valence-electron chi connectivity index (χ1n) is 11.4. The predicted octanol–water partition coefficient (Wildman–Crippen LogP) is 5.25. The van der Waals surface area contributed by atoms with E-state index < -0.39 is 6.09 Å². The summed E-state index contributed by atoms with van der Waals surface area (Å²) >= 11 is 1.37. The van der Waals surface area contributed by atoms with E-state index >= 15 is 0 Å². The number of nitrogens with zero attached hydrogens (tertiary/aromatic N) is 2. The Labute approximate surface area is 204 Å². The topological polar surface area (TPSA) is 84.7 Å². The Morgan fingerprint density at radius 1 is 1.26 bits per heavy atom. The molecule has 2 aliphatic rings. The van der Waals surface area contributed by atoms with Crippen LogP contribution in [0, 0.1) is 24.6 Å². The van der Waals surface area contributed by atoms with E-state index in [-0.39, 0.29) is 24.3 Å². The van der Waals surface area contributed by atoms with E-state index in [9.17, 15) is 14.0 Å². The zero-order valence-corrected chi connectivity index (χ0v) is 19.7. The molecule has 1 aliphatic heterocycles. The number of carbonyl (C=O) groups excluding carboxylic acids is 2. The van der Waals surface area contributed by atoms with Crippen molar-refractivity contribution in [3.05, 3.63) is 71.3 Å². The van der Waals surface area contributed by atoms with Crippen molar-refractivity contribution in [3.63, 3.8) is 0 Å². The third-order valence-electron chi connectivity index (χ3n) is 6.70. The van der Waals surface area contributed by atoms with Crippen LogP contribution in [-0.4, -0.2) is 41.0 Å². The van der Waals surface area contributed by atoms with Crippen molar-refractivity contribution in [2.75, 3.05) is 13.1 Å². The Kier molecular flexibility index (Phi) is 5.29. The summed E-state index contributed by atoms with van der Waals surface area (Å²) in [4.78, 5) is 33.1. The van der Waals surface area contributed by atoms with Crippen LogP contribution < -0.4 is 10.1 Å². The summed E-state index contributed by atoms with van der Waals surface area (Å²) in [6.07, 6.45) is 2.00. The number of halogens is 1. The molecule has 1 N–H and O–H groups in total. The molecule has 3 atom stereocenters. The zero-order chi connectivity index (χ0) is 24.1. The average molecular weight is 492 g/mol. The van der Waals surface area contributed by atoms with Gasteiger partial charge in [-0.25, -0.2) is 14.2 Å². The second kappa shape index (κ2) is 8.49. The normalized spacial score (nSPS) is 20.6. The van der Waals surface area contributed by atoms with Gasteiger partial charge in [-0.15, -0.1) is 11.3 Å². The van der Waals surface area contributed by atoms with Crippen LogP contribution in [0.1, 0.15) is 21.9 Å². The maximum Gasteiger partial charge on any atom is 0.412 e. The minimum Gasteiger partial charge on any atom is -0.464 e. The number of amides is 2. The van der Waals surface area contributed by atoms with Gasteiger partial charge in [0.05, 0.1) is 27.6 Å². The third kappa shape index (κ3) is 4.05. The van der Waals surface area contributed by atoms with E-state index in [1.165, 1.54) is 23.5 Å². The SMILES string of the molecule is Cc1nc(C(=O)N2C[C@@H]3C[C@@H]3[C@H]2CNC(=O)Oc2cccc3occc23)c(-c2cccc(F)c2)s1. The van der Waals surface area contributed by atoms with Crippen LogP contribution in [0.25, 0.3) is 21.4 Å². The molecule has 2 aromatic carbocycles. The smallest absolute Gasteiger partial charge is 0.412 e. The quantitative estimate of drug-likeness (QED) is 0.412. The molecule has 3 heterocycles. The van der Waals surface area contributed by atoms with Crippen LogP contribution in [0.15, 0.2) is 59.2 Å². The first-order chi connectivity index (χ1) is 17.0. The maximum atomic E-state index is 13.8. The lowest BCUT2D eigenvalue weighted by atomic mass is 10.1. The third-order valence-corrected chi connectivity index (χ3v) is 7.72. The maximum absolute atomic E-state index is 13.8. The average Bonchev–Trinajstić information content (AvgIpc) is 3.16. The lowest BCUT2D eigenvalue weighted by Crippen LogP contribution is -2.46. The number of aromatic nitrogens is 1. The standard InChI is InChI=1S/C26H22FN3O4S/c1-14-29-23(24(35-14)15-4-2-5-17(27)10-15)25(31)30-13-16-11-19(16)20(30)12-28-26(32)34-22-7-3-6-21-18(22)8-9-33-21/h2-10,16,19-20H,11-13H2,1H3,(H,28,32)/t16-,19-,20+/m0/s1. The molecule has 0 radical (unpaired) electrons. The van der Waals surface area contributed by atoms with Gasteiger partial charge in [0.2, 0.25) is 0 Å². The van der Waals surface area contributed by atoms with Crippen LogP contribution in [0.2, 0.25) is 0 Å². The Morgan fingerprint density at radius 3 is 2.97 bits per heavy atom. The fourth-order valence-electron chi connectivity index (χ4n) is 4.98. The van der Waals surface area contributed by atoms with Crippen molar-refractivity contribution in [1.29, 1.82) is 0 Å². The number of benzene rings is 2. The van der Waals surface area contributed by atoms with Crippen LogP contribution in [0.3, 0.4) is 0 Å². The molecule has 1 aliphatic carbocycles. The number of rotatable bonds is 5. The van der Waals surface area contributed by atoms with Gasteiger partial charge in [-0.3, -0.25) is 4.79 Å². The van der Waals surface area contributed by atoms with Gasteiger partial charge in [0, 0.05) is 13.1 Å². The predicted molar refractivity (Wildman–Crippen MR) is 129 cm³/mol. The van der Waals surface area contributed by atoms with Gasteiger partial charge in [0.1, 0.15) is 22.8 Å². The van der Waals surface area contributed by atoms with Gasteiger partial charge in [-0.2, -0.15) is 0 Å². The fourth-order valence-corrected chi connectivity index (χ4v) is 5.89. The molecule has 6 rings (SSSR count). The number of hydrogen-bond donors (Lipinski definition) is 1. The molecule has 1 saturated heterocycles. The molecule has 178 valence electrons. The Bertz CT molecular complexity index is 1450. The van der Waals surface area contributed by atoms with Crippen molar-refractivity contribution in [1.82, 2.24) is 15.2 Å². The number of carbonyl (C=O) groups is 2. The van der Waals surface area contributed by atoms with Crippen LogP contribution >= 0.6 is 11.3 Å². The van der Waals surface area contributed by atoms with Crippen LogP contribution in [-0.2, 0) is 0 Å². The van der Waals surface area contributed by atoms with E-state index in [0.29, 0.717) is 51.2 Å². The number of thiazole rings is 1. The summed E-state index contributed by atoms with van der Waals surface area (Å²) in [5.41, 5.74) is 1.60. The first kappa shape index (κ1) is 21.8. The summed E-state index contributed by atoms with van der Waals surface area (Å²) in [7, 11) is 0. The summed E-state index contributed by atoms with van der Waals surface area (Å²) < 4.78 is 24.7. The van der Waals surface area contributed by atoms with Crippen molar-refractivity contribution >= 4 is 34.3 Å². The number of nitrogens with one attached hydrogen (secondary N) is 1. The lowest BCUT2D eigenvalue weighted by Gasteiger charge is -2.27. The lowest BCUT2D eigenvalue weighted by molar-refractivity contribution is 0.0700. The highest BCUT2D eigenvalue weighted by Gasteiger charge is 2.54. The molecule has 0 unspecified atom stereocenters. The fraction of sp³-hybridized carbons (Fsp3) is 0.269. The molecule has 0 bridgehead atoms. The number of furan rings is 1. The van der Waals surface area contributed by atoms with E-state index in [0.717, 1.165) is 11.4 Å². The highest BCUT2D eigenvalue weighted by atomic mass is 32.1. The minimum atomic E-state index is -0.583. The van der Waals surface area contributed by atoms with Crippen molar-refractivity contribution in [3.8, 4) is 16.2 Å². The monoisotopic (exact) mass is 491 g/mol. The molecular formula is C26H22FN3O4S. The number of aryl methyl sites for hydroxylation is 1. The number of piperidine rings is 1. The largest absolute Gasteiger partial charge is 0.464 e.